The Morgan fingerprint density at radius 2 is 1.70 bits per heavy atom. The van der Waals surface area contributed by atoms with Gasteiger partial charge in [0.1, 0.15) is 10.6 Å². The van der Waals surface area contributed by atoms with Crippen molar-refractivity contribution < 1.29 is 13.2 Å². The van der Waals surface area contributed by atoms with Gasteiger partial charge in [0.2, 0.25) is 0 Å². The van der Waals surface area contributed by atoms with Crippen LogP contribution in [0.25, 0.3) is 0 Å². The Kier molecular flexibility index (Phi) is 4.11. The minimum Gasteiger partial charge on any atom is -0.497 e. The molecule has 0 bridgehead atoms. The third-order valence-electron chi connectivity index (χ3n) is 2.67. The highest BCUT2D eigenvalue weighted by atomic mass is 32.2. The first-order chi connectivity index (χ1) is 9.56. The van der Waals surface area contributed by atoms with Gasteiger partial charge in [0, 0.05) is 5.69 Å². The first-order valence-corrected chi connectivity index (χ1v) is 7.27. The third kappa shape index (κ3) is 3.01. The molecule has 0 aliphatic carbocycles. The smallest absolute Gasteiger partial charge is 0.264 e. The summed E-state index contributed by atoms with van der Waals surface area (Å²) in [5.41, 5.74) is 3.14. The van der Waals surface area contributed by atoms with E-state index in [9.17, 15) is 8.42 Å². The number of ether oxygens (including phenoxy) is 1. The van der Waals surface area contributed by atoms with Gasteiger partial charge in [0.05, 0.1) is 12.8 Å². The zero-order valence-electron chi connectivity index (χ0n) is 10.8. The number of methoxy groups -OCH3 is 1. The van der Waals surface area contributed by atoms with Gasteiger partial charge in [-0.25, -0.2) is 8.42 Å². The van der Waals surface area contributed by atoms with E-state index in [0.717, 1.165) is 0 Å². The van der Waals surface area contributed by atoms with E-state index in [-0.39, 0.29) is 4.90 Å². The molecule has 0 radical (unpaired) electrons. The molecule has 0 fully saturated rings. The molecule has 0 aliphatic heterocycles. The summed E-state index contributed by atoms with van der Waals surface area (Å²) in [4.78, 5) is 0.0818. The summed E-state index contributed by atoms with van der Waals surface area (Å²) in [5, 5.41) is 0. The Bertz CT molecular complexity index is 684. The van der Waals surface area contributed by atoms with Gasteiger partial charge in [-0.3, -0.25) is 10.6 Å². The highest BCUT2D eigenvalue weighted by molar-refractivity contribution is 7.92. The zero-order valence-corrected chi connectivity index (χ0v) is 11.6. The number of benzene rings is 2. The predicted octanol–water partition coefficient (Wildman–Crippen LogP) is 1.78. The molecule has 0 saturated heterocycles. The van der Waals surface area contributed by atoms with Crippen molar-refractivity contribution in [2.45, 2.75) is 4.90 Å². The molecule has 0 atom stereocenters. The van der Waals surface area contributed by atoms with E-state index in [2.05, 4.69) is 10.1 Å². The average Bonchev–Trinajstić information content (AvgIpc) is 2.47. The van der Waals surface area contributed by atoms with E-state index in [0.29, 0.717) is 17.1 Å². The molecular formula is C13H15N3O3S. The molecule has 7 heteroatoms. The SMILES string of the molecule is COc1ccc(NS(=O)(=O)c2ccccc2NN)cc1. The predicted molar refractivity (Wildman–Crippen MR) is 78.1 cm³/mol. The van der Waals surface area contributed by atoms with E-state index < -0.39 is 10.0 Å². The van der Waals surface area contributed by atoms with Crippen LogP contribution in [0.1, 0.15) is 0 Å². The minimum absolute atomic E-state index is 0.0818. The number of nitrogens with two attached hydrogens (primary N) is 1. The van der Waals surface area contributed by atoms with Crippen molar-refractivity contribution >= 4 is 21.4 Å². The molecule has 20 heavy (non-hydrogen) atoms. The maximum atomic E-state index is 12.3. The number of sulfonamides is 1. The Morgan fingerprint density at radius 1 is 1.05 bits per heavy atom. The lowest BCUT2D eigenvalue weighted by Gasteiger charge is -2.12. The summed E-state index contributed by atoms with van der Waals surface area (Å²) in [7, 11) is -2.16. The van der Waals surface area contributed by atoms with Crippen LogP contribution in [0.15, 0.2) is 53.4 Å². The molecule has 4 N–H and O–H groups in total. The maximum Gasteiger partial charge on any atom is 0.264 e. The molecule has 2 rings (SSSR count). The Hall–Kier alpha value is -2.25. The molecule has 0 saturated carbocycles. The van der Waals surface area contributed by atoms with E-state index in [1.807, 2.05) is 0 Å². The minimum atomic E-state index is -3.71. The number of rotatable bonds is 5. The van der Waals surface area contributed by atoms with Gasteiger partial charge in [-0.2, -0.15) is 0 Å². The van der Waals surface area contributed by atoms with Gasteiger partial charge < -0.3 is 10.2 Å². The van der Waals surface area contributed by atoms with Crippen molar-refractivity contribution in [1.82, 2.24) is 0 Å². The fourth-order valence-electron chi connectivity index (χ4n) is 1.69. The van der Waals surface area contributed by atoms with Crippen molar-refractivity contribution in [2.75, 3.05) is 17.3 Å². The summed E-state index contributed by atoms with van der Waals surface area (Å²) in [6.07, 6.45) is 0. The molecule has 6 nitrogen and oxygen atoms in total. The zero-order chi connectivity index (χ0) is 14.6. The fourth-order valence-corrected chi connectivity index (χ4v) is 2.92. The quantitative estimate of drug-likeness (QED) is 0.577. The number of para-hydroxylation sites is 1. The molecule has 106 valence electrons. The second-order valence-electron chi connectivity index (χ2n) is 3.97. The molecule has 2 aromatic rings. The lowest BCUT2D eigenvalue weighted by Crippen LogP contribution is -2.17. The lowest BCUT2D eigenvalue weighted by atomic mass is 10.3. The molecule has 0 unspecified atom stereocenters. The summed E-state index contributed by atoms with van der Waals surface area (Å²) in [6, 6.07) is 13.0. The lowest BCUT2D eigenvalue weighted by molar-refractivity contribution is 0.415. The van der Waals surface area contributed by atoms with Crippen LogP contribution in [0.5, 0.6) is 5.75 Å². The first kappa shape index (κ1) is 14.2. The second kappa shape index (κ2) is 5.81. The van der Waals surface area contributed by atoms with Crippen LogP contribution in [0.2, 0.25) is 0 Å². The molecule has 0 spiro atoms. The van der Waals surface area contributed by atoms with Crippen LogP contribution in [0.4, 0.5) is 11.4 Å². The van der Waals surface area contributed by atoms with Crippen LogP contribution in [0.3, 0.4) is 0 Å². The molecule has 2 aromatic carbocycles. The second-order valence-corrected chi connectivity index (χ2v) is 5.63. The van der Waals surface area contributed by atoms with E-state index in [1.54, 1.807) is 49.6 Å². The third-order valence-corrected chi connectivity index (χ3v) is 4.11. The number of hydrogen-bond acceptors (Lipinski definition) is 5. The van der Waals surface area contributed by atoms with Crippen LogP contribution in [-0.2, 0) is 10.0 Å². The van der Waals surface area contributed by atoms with E-state index >= 15 is 0 Å². The number of hydrazine groups is 1. The van der Waals surface area contributed by atoms with Crippen molar-refractivity contribution in [3.8, 4) is 5.75 Å². The Balaban J connectivity index is 2.30. The van der Waals surface area contributed by atoms with Crippen LogP contribution in [0, 0.1) is 0 Å². The molecule has 0 amide bonds. The van der Waals surface area contributed by atoms with Crippen LogP contribution in [-0.4, -0.2) is 15.5 Å². The summed E-state index contributed by atoms with van der Waals surface area (Å²) in [5.74, 6) is 5.97. The Morgan fingerprint density at radius 3 is 2.30 bits per heavy atom. The van der Waals surface area contributed by atoms with E-state index in [4.69, 9.17) is 10.6 Å². The fraction of sp³-hybridized carbons (Fsp3) is 0.0769. The molecule has 0 aromatic heterocycles. The molecular weight excluding hydrogens is 278 g/mol. The number of hydrogen-bond donors (Lipinski definition) is 3. The highest BCUT2D eigenvalue weighted by Gasteiger charge is 2.17. The van der Waals surface area contributed by atoms with Crippen molar-refractivity contribution in [3.05, 3.63) is 48.5 Å². The van der Waals surface area contributed by atoms with Crippen LogP contribution >= 0.6 is 0 Å². The summed E-state index contributed by atoms with van der Waals surface area (Å²) in [6.45, 7) is 0. The van der Waals surface area contributed by atoms with Crippen molar-refractivity contribution in [2.24, 2.45) is 5.84 Å². The molecule has 0 aliphatic rings. The van der Waals surface area contributed by atoms with E-state index in [1.165, 1.54) is 6.07 Å². The standard InChI is InChI=1S/C13H15N3O3S/c1-19-11-8-6-10(7-9-11)16-20(17,18)13-5-3-2-4-12(13)15-14/h2-9,15-16H,14H2,1H3. The Labute approximate surface area is 117 Å². The maximum absolute atomic E-state index is 12.3. The summed E-state index contributed by atoms with van der Waals surface area (Å²) < 4.78 is 32.1. The van der Waals surface area contributed by atoms with Gasteiger partial charge in [0.15, 0.2) is 0 Å². The number of anilines is 2. The average molecular weight is 293 g/mol. The normalized spacial score (nSPS) is 10.9. The van der Waals surface area contributed by atoms with Gasteiger partial charge in [-0.15, -0.1) is 0 Å². The topological polar surface area (TPSA) is 93.4 Å². The van der Waals surface area contributed by atoms with Gasteiger partial charge >= 0.3 is 0 Å². The van der Waals surface area contributed by atoms with Gasteiger partial charge in [0.25, 0.3) is 10.0 Å². The highest BCUT2D eigenvalue weighted by Crippen LogP contribution is 2.23. The molecule has 0 heterocycles. The van der Waals surface area contributed by atoms with Crippen molar-refractivity contribution in [3.63, 3.8) is 0 Å². The van der Waals surface area contributed by atoms with Crippen molar-refractivity contribution in [1.29, 1.82) is 0 Å². The first-order valence-electron chi connectivity index (χ1n) is 5.79. The number of nitrogens with one attached hydrogen (secondary N) is 2. The largest absolute Gasteiger partial charge is 0.497 e. The summed E-state index contributed by atoms with van der Waals surface area (Å²) >= 11 is 0. The van der Waals surface area contributed by atoms with Crippen LogP contribution < -0.4 is 20.7 Å². The number of nitrogen functional groups attached to an aromatic ring is 1. The van der Waals surface area contributed by atoms with Gasteiger partial charge in [-0.1, -0.05) is 12.1 Å². The monoisotopic (exact) mass is 293 g/mol. The van der Waals surface area contributed by atoms with Gasteiger partial charge in [-0.05, 0) is 36.4 Å².